The molecule has 0 bridgehead atoms. The van der Waals surface area contributed by atoms with E-state index < -0.39 is 11.4 Å². The number of halogens is 2. The van der Waals surface area contributed by atoms with Gasteiger partial charge in [-0.1, -0.05) is 48.9 Å². The fourth-order valence-corrected chi connectivity index (χ4v) is 4.27. The average molecular weight is 457 g/mol. The first-order valence-electron chi connectivity index (χ1n) is 10.9. The Morgan fingerprint density at radius 1 is 1.10 bits per heavy atom. The first kappa shape index (κ1) is 27.0. The van der Waals surface area contributed by atoms with Crippen LogP contribution in [-0.2, 0) is 4.79 Å². The van der Waals surface area contributed by atoms with E-state index in [1.54, 1.807) is 19.4 Å². The number of hydrogen-bond acceptors (Lipinski definition) is 3. The molecule has 1 aromatic carbocycles. The van der Waals surface area contributed by atoms with Crippen molar-refractivity contribution in [2.75, 3.05) is 6.54 Å². The molecule has 2 aliphatic carbocycles. The van der Waals surface area contributed by atoms with Gasteiger partial charge in [-0.05, 0) is 63.9 Å². The van der Waals surface area contributed by atoms with Crippen molar-refractivity contribution >= 4 is 36.9 Å². The summed E-state index contributed by atoms with van der Waals surface area (Å²) >= 11 is 0. The van der Waals surface area contributed by atoms with Gasteiger partial charge in [-0.2, -0.15) is 0 Å². The molecule has 2 unspecified atom stereocenters. The standard InChI is InChI=1S/C24H36N2O2.2ClH/c1-4-18(14-17-8-6-5-7-9-17)21-15-22(21)26-20-12-10-19(11-13-20)25-16-24(2,3)23(27)28;;/h5-9,14,19-22,25-26H,4,10-13,15-16H2,1-3H3,(H,27,28);2*1H/b18-14+;;. The minimum absolute atomic E-state index is 0. The number of hydrogen-bond donors (Lipinski definition) is 3. The molecule has 3 N–H and O–H groups in total. The lowest BCUT2D eigenvalue weighted by Gasteiger charge is -2.32. The van der Waals surface area contributed by atoms with Gasteiger partial charge in [0, 0.05) is 24.7 Å². The summed E-state index contributed by atoms with van der Waals surface area (Å²) in [6.07, 6.45) is 9.37. The average Bonchev–Trinajstić information content (AvgIpc) is 3.45. The molecule has 30 heavy (non-hydrogen) atoms. The maximum absolute atomic E-state index is 11.2. The zero-order chi connectivity index (χ0) is 20.1. The third-order valence-corrected chi connectivity index (χ3v) is 6.42. The molecule has 2 saturated carbocycles. The number of aliphatic carboxylic acids is 1. The quantitative estimate of drug-likeness (QED) is 0.470. The van der Waals surface area contributed by atoms with Crippen LogP contribution in [0.5, 0.6) is 0 Å². The van der Waals surface area contributed by atoms with Crippen LogP contribution in [0.25, 0.3) is 6.08 Å². The van der Waals surface area contributed by atoms with Crippen LogP contribution >= 0.6 is 24.8 Å². The van der Waals surface area contributed by atoms with E-state index in [1.165, 1.54) is 24.8 Å². The number of benzene rings is 1. The molecule has 6 heteroatoms. The fourth-order valence-electron chi connectivity index (χ4n) is 4.27. The van der Waals surface area contributed by atoms with Crippen molar-refractivity contribution in [3.05, 3.63) is 41.5 Å². The Morgan fingerprint density at radius 2 is 1.70 bits per heavy atom. The van der Waals surface area contributed by atoms with Gasteiger partial charge < -0.3 is 15.7 Å². The van der Waals surface area contributed by atoms with Crippen LogP contribution in [0.15, 0.2) is 35.9 Å². The Labute approximate surface area is 194 Å². The highest BCUT2D eigenvalue weighted by molar-refractivity contribution is 5.85. The molecule has 0 radical (unpaired) electrons. The van der Waals surface area contributed by atoms with E-state index in [0.29, 0.717) is 30.6 Å². The van der Waals surface area contributed by atoms with Crippen LogP contribution < -0.4 is 10.6 Å². The first-order valence-corrected chi connectivity index (χ1v) is 10.9. The number of carboxylic acids is 1. The lowest BCUT2D eigenvalue weighted by molar-refractivity contribution is -0.146. The predicted molar refractivity (Wildman–Crippen MR) is 130 cm³/mol. The van der Waals surface area contributed by atoms with Crippen molar-refractivity contribution in [1.82, 2.24) is 10.6 Å². The summed E-state index contributed by atoms with van der Waals surface area (Å²) in [6.45, 7) is 6.38. The summed E-state index contributed by atoms with van der Waals surface area (Å²) in [7, 11) is 0. The Morgan fingerprint density at radius 3 is 2.27 bits per heavy atom. The smallest absolute Gasteiger partial charge is 0.310 e. The summed E-state index contributed by atoms with van der Waals surface area (Å²) in [6, 6.07) is 12.3. The lowest BCUT2D eigenvalue weighted by Crippen LogP contribution is -2.45. The first-order chi connectivity index (χ1) is 13.4. The summed E-state index contributed by atoms with van der Waals surface area (Å²) in [5.74, 6) is -0.0390. The Bertz CT molecular complexity index is 686. The highest BCUT2D eigenvalue weighted by atomic mass is 35.5. The molecule has 4 nitrogen and oxygen atoms in total. The normalized spacial score (nSPS) is 26.3. The molecular formula is C24H38Cl2N2O2. The Balaban J connectivity index is 0.00000225. The molecular weight excluding hydrogens is 419 g/mol. The van der Waals surface area contributed by atoms with Crippen LogP contribution in [0.2, 0.25) is 0 Å². The van der Waals surface area contributed by atoms with Crippen molar-refractivity contribution in [3.8, 4) is 0 Å². The molecule has 1 aromatic rings. The maximum atomic E-state index is 11.2. The number of carboxylic acid groups (broad SMARTS) is 1. The van der Waals surface area contributed by atoms with Gasteiger partial charge >= 0.3 is 5.97 Å². The van der Waals surface area contributed by atoms with Gasteiger partial charge in [0.2, 0.25) is 0 Å². The van der Waals surface area contributed by atoms with Gasteiger partial charge in [0.1, 0.15) is 0 Å². The monoisotopic (exact) mass is 456 g/mol. The second kappa shape index (κ2) is 12.1. The van der Waals surface area contributed by atoms with Crippen molar-refractivity contribution < 1.29 is 9.90 Å². The van der Waals surface area contributed by atoms with Crippen molar-refractivity contribution in [2.24, 2.45) is 11.3 Å². The molecule has 2 aliphatic rings. The van der Waals surface area contributed by atoms with E-state index >= 15 is 0 Å². The topological polar surface area (TPSA) is 61.4 Å². The third kappa shape index (κ3) is 7.56. The number of nitrogens with one attached hydrogen (secondary N) is 2. The molecule has 0 aromatic heterocycles. The van der Waals surface area contributed by atoms with Crippen molar-refractivity contribution in [1.29, 1.82) is 0 Å². The molecule has 0 saturated heterocycles. The minimum Gasteiger partial charge on any atom is -0.481 e. The summed E-state index contributed by atoms with van der Waals surface area (Å²) < 4.78 is 0. The number of carbonyl (C=O) groups is 1. The highest BCUT2D eigenvalue weighted by Crippen LogP contribution is 2.40. The molecule has 170 valence electrons. The molecule has 2 atom stereocenters. The zero-order valence-electron chi connectivity index (χ0n) is 18.4. The van der Waals surface area contributed by atoms with E-state index in [1.807, 2.05) is 0 Å². The van der Waals surface area contributed by atoms with E-state index in [9.17, 15) is 9.90 Å². The van der Waals surface area contributed by atoms with Crippen molar-refractivity contribution in [3.63, 3.8) is 0 Å². The SMILES string of the molecule is CC/C(=C\c1ccccc1)C1CC1NC1CCC(NCC(C)(C)C(=O)O)CC1.Cl.Cl. The third-order valence-electron chi connectivity index (χ3n) is 6.42. The van der Waals surface area contributed by atoms with Crippen molar-refractivity contribution in [2.45, 2.75) is 77.4 Å². The number of rotatable bonds is 9. The van der Waals surface area contributed by atoms with Gasteiger partial charge in [-0.3, -0.25) is 4.79 Å². The van der Waals surface area contributed by atoms with Gasteiger partial charge in [0.25, 0.3) is 0 Å². The lowest BCUT2D eigenvalue weighted by atomic mass is 9.88. The molecule has 0 aliphatic heterocycles. The van der Waals surface area contributed by atoms with Crippen LogP contribution in [0.3, 0.4) is 0 Å². The van der Waals surface area contributed by atoms with Gasteiger partial charge in [-0.15, -0.1) is 24.8 Å². The van der Waals surface area contributed by atoms with E-state index in [2.05, 4.69) is 54.0 Å². The molecule has 0 spiro atoms. The zero-order valence-corrected chi connectivity index (χ0v) is 20.0. The van der Waals surface area contributed by atoms with Gasteiger partial charge in [0.05, 0.1) is 5.41 Å². The molecule has 3 rings (SSSR count). The van der Waals surface area contributed by atoms with Crippen LogP contribution in [-0.4, -0.2) is 35.7 Å². The van der Waals surface area contributed by atoms with Crippen LogP contribution in [0, 0.1) is 11.3 Å². The second-order valence-corrected chi connectivity index (χ2v) is 9.22. The second-order valence-electron chi connectivity index (χ2n) is 9.22. The van der Waals surface area contributed by atoms with Crippen LogP contribution in [0.4, 0.5) is 0 Å². The molecule has 2 fully saturated rings. The minimum atomic E-state index is -0.731. The van der Waals surface area contributed by atoms with E-state index in [0.717, 1.165) is 19.3 Å². The summed E-state index contributed by atoms with van der Waals surface area (Å²) in [5.41, 5.74) is 2.17. The Kier molecular flexibility index (Phi) is 10.9. The highest BCUT2D eigenvalue weighted by Gasteiger charge is 2.40. The maximum Gasteiger partial charge on any atom is 0.310 e. The predicted octanol–water partition coefficient (Wildman–Crippen LogP) is 5.31. The largest absolute Gasteiger partial charge is 0.481 e. The van der Waals surface area contributed by atoms with E-state index in [-0.39, 0.29) is 24.8 Å². The molecule has 0 heterocycles. The summed E-state index contributed by atoms with van der Waals surface area (Å²) in [5, 5.41) is 16.6. The summed E-state index contributed by atoms with van der Waals surface area (Å²) in [4.78, 5) is 11.2. The fraction of sp³-hybridized carbons (Fsp3) is 0.625. The molecule has 0 amide bonds. The Hall–Kier alpha value is -1.07. The van der Waals surface area contributed by atoms with E-state index in [4.69, 9.17) is 0 Å². The van der Waals surface area contributed by atoms with Gasteiger partial charge in [-0.25, -0.2) is 0 Å². The van der Waals surface area contributed by atoms with Gasteiger partial charge in [0.15, 0.2) is 0 Å². The van der Waals surface area contributed by atoms with Crippen LogP contribution in [0.1, 0.15) is 64.9 Å².